The minimum Gasteiger partial charge on any atom is -0.507 e. The van der Waals surface area contributed by atoms with Crippen LogP contribution in [-0.4, -0.2) is 34.2 Å². The zero-order valence-electron chi connectivity index (χ0n) is 14.5. The van der Waals surface area contributed by atoms with Crippen LogP contribution in [0.3, 0.4) is 0 Å². The van der Waals surface area contributed by atoms with Crippen molar-refractivity contribution < 1.29 is 15.3 Å². The lowest BCUT2D eigenvalue weighted by Crippen LogP contribution is -2.28. The van der Waals surface area contributed by atoms with Crippen molar-refractivity contribution in [3.8, 4) is 5.75 Å². The molecule has 22 heavy (non-hydrogen) atoms. The number of hydrogen-bond acceptors (Lipinski definition) is 4. The van der Waals surface area contributed by atoms with E-state index in [2.05, 4.69) is 4.99 Å². The molecule has 0 radical (unpaired) electrons. The maximum atomic E-state index is 10.5. The molecule has 0 amide bonds. The standard InChI is InChI=1S/C18H29NO3/c1-17(2,3)14-8-12(10-20)7-13(16(14)22)9-19-15(11-21)18(4,5)6/h7-9,15,20-22H,10-11H2,1-6H3/t15-/m1/s1. The summed E-state index contributed by atoms with van der Waals surface area (Å²) in [6, 6.07) is 3.30. The summed E-state index contributed by atoms with van der Waals surface area (Å²) in [6.07, 6.45) is 1.59. The first kappa shape index (κ1) is 18.7. The zero-order chi connectivity index (χ0) is 17.1. The molecule has 3 N–H and O–H groups in total. The number of aliphatic hydroxyl groups is 2. The van der Waals surface area contributed by atoms with Crippen molar-refractivity contribution in [2.24, 2.45) is 10.4 Å². The van der Waals surface area contributed by atoms with Crippen LogP contribution in [0.5, 0.6) is 5.75 Å². The number of aliphatic hydroxyl groups excluding tert-OH is 2. The maximum Gasteiger partial charge on any atom is 0.128 e. The third-order valence-corrected chi connectivity index (χ3v) is 3.76. The van der Waals surface area contributed by atoms with E-state index in [1.807, 2.05) is 47.6 Å². The summed E-state index contributed by atoms with van der Waals surface area (Å²) in [6.45, 7) is 11.9. The third-order valence-electron chi connectivity index (χ3n) is 3.76. The Bertz CT molecular complexity index is 536. The van der Waals surface area contributed by atoms with E-state index in [-0.39, 0.29) is 35.8 Å². The Morgan fingerprint density at radius 2 is 1.68 bits per heavy atom. The van der Waals surface area contributed by atoms with Crippen LogP contribution in [0.4, 0.5) is 0 Å². The van der Waals surface area contributed by atoms with Gasteiger partial charge in [0.25, 0.3) is 0 Å². The Morgan fingerprint density at radius 3 is 2.09 bits per heavy atom. The zero-order valence-corrected chi connectivity index (χ0v) is 14.5. The highest BCUT2D eigenvalue weighted by Gasteiger charge is 2.24. The average Bonchev–Trinajstić information content (AvgIpc) is 2.38. The number of benzene rings is 1. The maximum absolute atomic E-state index is 10.5. The molecule has 124 valence electrons. The lowest BCUT2D eigenvalue weighted by atomic mass is 9.84. The SMILES string of the molecule is CC(C)(C)c1cc(CO)cc(C=N[C@H](CO)C(C)(C)C)c1O. The Labute approximate surface area is 133 Å². The van der Waals surface area contributed by atoms with Gasteiger partial charge >= 0.3 is 0 Å². The lowest BCUT2D eigenvalue weighted by molar-refractivity contribution is 0.191. The molecule has 0 saturated carbocycles. The summed E-state index contributed by atoms with van der Waals surface area (Å²) in [5.74, 6) is 0.180. The summed E-state index contributed by atoms with van der Waals surface area (Å²) < 4.78 is 0. The van der Waals surface area contributed by atoms with Crippen molar-refractivity contribution in [2.45, 2.75) is 59.6 Å². The molecule has 0 fully saturated rings. The smallest absolute Gasteiger partial charge is 0.128 e. The first-order chi connectivity index (χ1) is 10.0. The van der Waals surface area contributed by atoms with Crippen LogP contribution in [0, 0.1) is 5.41 Å². The van der Waals surface area contributed by atoms with Gasteiger partial charge in [0.05, 0.1) is 19.3 Å². The molecule has 1 rings (SSSR count). The molecule has 0 spiro atoms. The van der Waals surface area contributed by atoms with Gasteiger partial charge < -0.3 is 15.3 Å². The van der Waals surface area contributed by atoms with Crippen LogP contribution < -0.4 is 0 Å². The molecule has 4 nitrogen and oxygen atoms in total. The van der Waals surface area contributed by atoms with Crippen molar-refractivity contribution in [1.82, 2.24) is 0 Å². The molecule has 0 aromatic heterocycles. The number of nitrogens with zero attached hydrogens (tertiary/aromatic N) is 1. The lowest BCUT2D eigenvalue weighted by Gasteiger charge is -2.25. The van der Waals surface area contributed by atoms with Gasteiger partial charge in [-0.15, -0.1) is 0 Å². The molecule has 4 heteroatoms. The predicted molar refractivity (Wildman–Crippen MR) is 90.7 cm³/mol. The number of phenols is 1. The van der Waals surface area contributed by atoms with Gasteiger partial charge in [-0.1, -0.05) is 41.5 Å². The molecule has 0 bridgehead atoms. The Balaban J connectivity index is 3.30. The van der Waals surface area contributed by atoms with E-state index in [0.29, 0.717) is 5.56 Å². The number of aliphatic imine (C=N–C) groups is 1. The van der Waals surface area contributed by atoms with Crippen molar-refractivity contribution in [3.05, 3.63) is 28.8 Å². The minimum absolute atomic E-state index is 0.0490. The van der Waals surface area contributed by atoms with Crippen LogP contribution in [-0.2, 0) is 12.0 Å². The van der Waals surface area contributed by atoms with Gasteiger partial charge in [-0.05, 0) is 28.5 Å². The van der Waals surface area contributed by atoms with Gasteiger partial charge in [0.15, 0.2) is 0 Å². The number of hydrogen-bond donors (Lipinski definition) is 3. The van der Waals surface area contributed by atoms with E-state index < -0.39 is 0 Å². The number of aromatic hydroxyl groups is 1. The van der Waals surface area contributed by atoms with Crippen molar-refractivity contribution in [3.63, 3.8) is 0 Å². The Kier molecular flexibility index (Phi) is 5.76. The van der Waals surface area contributed by atoms with Gasteiger partial charge in [-0.3, -0.25) is 4.99 Å². The molecule has 0 unspecified atom stereocenters. The fourth-order valence-corrected chi connectivity index (χ4v) is 2.20. The molecule has 0 saturated heterocycles. The summed E-state index contributed by atoms with van der Waals surface area (Å²) in [4.78, 5) is 4.43. The quantitative estimate of drug-likeness (QED) is 0.749. The van der Waals surface area contributed by atoms with Gasteiger partial charge in [0.2, 0.25) is 0 Å². The van der Waals surface area contributed by atoms with E-state index in [4.69, 9.17) is 0 Å². The molecule has 0 aliphatic rings. The third kappa shape index (κ3) is 4.55. The number of rotatable bonds is 4. The first-order valence-corrected chi connectivity index (χ1v) is 7.62. The summed E-state index contributed by atoms with van der Waals surface area (Å²) in [5, 5.41) is 29.4. The van der Waals surface area contributed by atoms with Gasteiger partial charge in [-0.25, -0.2) is 0 Å². The van der Waals surface area contributed by atoms with Gasteiger partial charge in [0.1, 0.15) is 5.75 Å². The van der Waals surface area contributed by atoms with Crippen LogP contribution in [0.15, 0.2) is 17.1 Å². The molecule has 0 aliphatic heterocycles. The molecule has 1 aromatic rings. The monoisotopic (exact) mass is 307 g/mol. The summed E-state index contributed by atoms with van der Waals surface area (Å²) >= 11 is 0. The highest BCUT2D eigenvalue weighted by molar-refractivity contribution is 5.85. The Hall–Kier alpha value is -1.39. The second kappa shape index (κ2) is 6.80. The minimum atomic E-state index is -0.247. The van der Waals surface area contributed by atoms with E-state index in [0.717, 1.165) is 11.1 Å². The van der Waals surface area contributed by atoms with Crippen LogP contribution >= 0.6 is 0 Å². The van der Waals surface area contributed by atoms with Crippen LogP contribution in [0.2, 0.25) is 0 Å². The van der Waals surface area contributed by atoms with E-state index >= 15 is 0 Å². The average molecular weight is 307 g/mol. The first-order valence-electron chi connectivity index (χ1n) is 7.62. The van der Waals surface area contributed by atoms with E-state index in [1.165, 1.54) is 0 Å². The number of phenolic OH excluding ortho intramolecular Hbond substituents is 1. The van der Waals surface area contributed by atoms with Crippen molar-refractivity contribution >= 4 is 6.21 Å². The predicted octanol–water partition coefficient (Wildman–Crippen LogP) is 3.01. The largest absolute Gasteiger partial charge is 0.507 e. The topological polar surface area (TPSA) is 73.1 Å². The molecule has 0 heterocycles. The fraction of sp³-hybridized carbons (Fsp3) is 0.611. The second-order valence-electron chi connectivity index (χ2n) is 7.83. The Morgan fingerprint density at radius 1 is 1.09 bits per heavy atom. The highest BCUT2D eigenvalue weighted by Crippen LogP contribution is 2.34. The highest BCUT2D eigenvalue weighted by atomic mass is 16.3. The van der Waals surface area contributed by atoms with E-state index in [9.17, 15) is 15.3 Å². The van der Waals surface area contributed by atoms with Crippen LogP contribution in [0.1, 0.15) is 58.2 Å². The molecular formula is C18H29NO3. The van der Waals surface area contributed by atoms with Crippen LogP contribution in [0.25, 0.3) is 0 Å². The summed E-state index contributed by atoms with van der Waals surface area (Å²) in [5.41, 5.74) is 1.68. The molecule has 0 aliphatic carbocycles. The van der Waals surface area contributed by atoms with Gasteiger partial charge in [0, 0.05) is 17.3 Å². The molecular weight excluding hydrogens is 278 g/mol. The fourth-order valence-electron chi connectivity index (χ4n) is 2.20. The van der Waals surface area contributed by atoms with E-state index in [1.54, 1.807) is 12.3 Å². The van der Waals surface area contributed by atoms with Crippen molar-refractivity contribution in [1.29, 1.82) is 0 Å². The molecule has 1 atom stereocenters. The van der Waals surface area contributed by atoms with Crippen molar-refractivity contribution in [2.75, 3.05) is 6.61 Å². The van der Waals surface area contributed by atoms with Gasteiger partial charge in [-0.2, -0.15) is 0 Å². The normalized spacial score (nSPS) is 14.5. The molecule has 1 aromatic carbocycles. The second-order valence-corrected chi connectivity index (χ2v) is 7.83. The summed E-state index contributed by atoms with van der Waals surface area (Å²) in [7, 11) is 0.